The average Bonchev–Trinajstić information content (AvgIpc) is 3.19. The summed E-state index contributed by atoms with van der Waals surface area (Å²) in [6, 6.07) is 17.6. The Morgan fingerprint density at radius 3 is 2.56 bits per heavy atom. The van der Waals surface area contributed by atoms with Gasteiger partial charge in [-0.2, -0.15) is 0 Å². The summed E-state index contributed by atoms with van der Waals surface area (Å²) in [6.45, 7) is 1.52. The number of rotatable bonds is 2. The number of hydrogen-bond donors (Lipinski definition) is 1. The van der Waals surface area contributed by atoms with Crippen molar-refractivity contribution in [1.29, 1.82) is 0 Å². The van der Waals surface area contributed by atoms with E-state index in [1.54, 1.807) is 0 Å². The Bertz CT molecular complexity index is 1110. The molecular formula is C22H20N4O. The van der Waals surface area contributed by atoms with E-state index < -0.39 is 0 Å². The van der Waals surface area contributed by atoms with Crippen LogP contribution < -0.4 is 0 Å². The first-order valence-electron chi connectivity index (χ1n) is 9.37. The lowest BCUT2D eigenvalue weighted by molar-refractivity contribution is 0.0711. The van der Waals surface area contributed by atoms with Crippen LogP contribution in [0, 0.1) is 0 Å². The molecule has 1 saturated heterocycles. The van der Waals surface area contributed by atoms with Crippen molar-refractivity contribution in [3.05, 3.63) is 72.2 Å². The monoisotopic (exact) mass is 356 g/mol. The van der Waals surface area contributed by atoms with Gasteiger partial charge in [0.05, 0.1) is 22.7 Å². The molecule has 1 N–H and O–H groups in total. The van der Waals surface area contributed by atoms with Gasteiger partial charge in [0.2, 0.25) is 0 Å². The maximum atomic E-state index is 12.6. The molecule has 0 saturated carbocycles. The molecule has 5 heteroatoms. The number of nitrogens with zero attached hydrogens (tertiary/aromatic N) is 3. The summed E-state index contributed by atoms with van der Waals surface area (Å²) in [5.74, 6) is 1.47. The zero-order valence-corrected chi connectivity index (χ0v) is 14.9. The molecule has 0 spiro atoms. The summed E-state index contributed by atoms with van der Waals surface area (Å²) in [7, 11) is 0. The van der Waals surface area contributed by atoms with E-state index in [2.05, 4.69) is 16.0 Å². The fourth-order valence-corrected chi connectivity index (χ4v) is 3.94. The van der Waals surface area contributed by atoms with Gasteiger partial charge >= 0.3 is 0 Å². The predicted octanol–water partition coefficient (Wildman–Crippen LogP) is 4.13. The molecular weight excluding hydrogens is 336 g/mol. The predicted molar refractivity (Wildman–Crippen MR) is 106 cm³/mol. The molecule has 134 valence electrons. The number of likely N-dealkylation sites (tertiary alicyclic amines) is 1. The highest BCUT2D eigenvalue weighted by atomic mass is 16.2. The van der Waals surface area contributed by atoms with E-state index in [9.17, 15) is 4.79 Å². The fraction of sp³-hybridized carbons (Fsp3) is 0.227. The minimum Gasteiger partial charge on any atom is -0.340 e. The van der Waals surface area contributed by atoms with Crippen molar-refractivity contribution in [2.75, 3.05) is 13.1 Å². The summed E-state index contributed by atoms with van der Waals surface area (Å²) >= 11 is 0. The Labute approximate surface area is 157 Å². The van der Waals surface area contributed by atoms with Gasteiger partial charge in [0.1, 0.15) is 5.82 Å². The van der Waals surface area contributed by atoms with Gasteiger partial charge in [-0.3, -0.25) is 9.78 Å². The molecule has 2 aromatic carbocycles. The molecule has 0 radical (unpaired) electrons. The van der Waals surface area contributed by atoms with Crippen molar-refractivity contribution >= 4 is 27.8 Å². The summed E-state index contributed by atoms with van der Waals surface area (Å²) in [5, 5.41) is 1.08. The SMILES string of the molecule is O=C(c1ccccc1)N1CCC(c2nc3c(cnc4ccccc43)[nH]2)CC1. The Morgan fingerprint density at radius 2 is 1.74 bits per heavy atom. The molecule has 3 heterocycles. The number of amides is 1. The smallest absolute Gasteiger partial charge is 0.253 e. The van der Waals surface area contributed by atoms with Gasteiger partial charge in [-0.15, -0.1) is 0 Å². The van der Waals surface area contributed by atoms with Crippen LogP contribution in [0.2, 0.25) is 0 Å². The number of benzene rings is 2. The van der Waals surface area contributed by atoms with Crippen molar-refractivity contribution < 1.29 is 4.79 Å². The third-order valence-corrected chi connectivity index (χ3v) is 5.43. The first kappa shape index (κ1) is 16.0. The molecule has 0 atom stereocenters. The number of H-pyrrole nitrogens is 1. The molecule has 0 unspecified atom stereocenters. The molecule has 2 aromatic heterocycles. The van der Waals surface area contributed by atoms with Gasteiger partial charge in [-0.1, -0.05) is 36.4 Å². The topological polar surface area (TPSA) is 61.9 Å². The number of aromatic amines is 1. The van der Waals surface area contributed by atoms with Crippen LogP contribution in [-0.4, -0.2) is 38.8 Å². The molecule has 5 rings (SSSR count). The Kier molecular flexibility index (Phi) is 3.85. The van der Waals surface area contributed by atoms with Gasteiger partial charge in [-0.25, -0.2) is 4.98 Å². The van der Waals surface area contributed by atoms with E-state index in [4.69, 9.17) is 4.98 Å². The molecule has 0 aliphatic carbocycles. The van der Waals surface area contributed by atoms with Crippen LogP contribution >= 0.6 is 0 Å². The molecule has 1 aliphatic rings. The zero-order valence-electron chi connectivity index (χ0n) is 14.9. The van der Waals surface area contributed by atoms with Gasteiger partial charge in [0, 0.05) is 30.0 Å². The van der Waals surface area contributed by atoms with Crippen LogP contribution in [0.4, 0.5) is 0 Å². The number of piperidine rings is 1. The van der Waals surface area contributed by atoms with Gasteiger partial charge in [-0.05, 0) is 31.0 Å². The highest BCUT2D eigenvalue weighted by molar-refractivity contribution is 6.01. The van der Waals surface area contributed by atoms with E-state index in [-0.39, 0.29) is 5.91 Å². The third kappa shape index (κ3) is 2.85. The van der Waals surface area contributed by atoms with Crippen LogP contribution in [0.25, 0.3) is 21.9 Å². The number of carbonyl (C=O) groups is 1. The number of carbonyl (C=O) groups excluding carboxylic acids is 1. The van der Waals surface area contributed by atoms with Crippen molar-refractivity contribution in [1.82, 2.24) is 19.9 Å². The minimum absolute atomic E-state index is 0.119. The number of nitrogens with one attached hydrogen (secondary N) is 1. The summed E-state index contributed by atoms with van der Waals surface area (Å²) in [5.41, 5.74) is 3.69. The molecule has 5 nitrogen and oxygen atoms in total. The zero-order chi connectivity index (χ0) is 18.2. The summed E-state index contributed by atoms with van der Waals surface area (Å²) in [4.78, 5) is 27.4. The quantitative estimate of drug-likeness (QED) is 0.587. The van der Waals surface area contributed by atoms with Crippen molar-refractivity contribution in [2.45, 2.75) is 18.8 Å². The lowest BCUT2D eigenvalue weighted by Gasteiger charge is -2.31. The lowest BCUT2D eigenvalue weighted by atomic mass is 9.95. The van der Waals surface area contributed by atoms with Gasteiger partial charge in [0.15, 0.2) is 0 Å². The van der Waals surface area contributed by atoms with Crippen LogP contribution in [0.3, 0.4) is 0 Å². The second-order valence-corrected chi connectivity index (χ2v) is 7.09. The van der Waals surface area contributed by atoms with E-state index in [0.29, 0.717) is 5.92 Å². The van der Waals surface area contributed by atoms with Crippen LogP contribution in [-0.2, 0) is 0 Å². The largest absolute Gasteiger partial charge is 0.340 e. The Balaban J connectivity index is 1.36. The number of fused-ring (bicyclic) bond motifs is 3. The number of aromatic nitrogens is 3. The third-order valence-electron chi connectivity index (χ3n) is 5.43. The first-order valence-corrected chi connectivity index (χ1v) is 9.37. The van der Waals surface area contributed by atoms with Crippen molar-refractivity contribution in [3.8, 4) is 0 Å². The highest BCUT2D eigenvalue weighted by Crippen LogP contribution is 2.30. The highest BCUT2D eigenvalue weighted by Gasteiger charge is 2.26. The van der Waals surface area contributed by atoms with E-state index >= 15 is 0 Å². The van der Waals surface area contributed by atoms with Gasteiger partial charge < -0.3 is 9.88 Å². The van der Waals surface area contributed by atoms with Crippen LogP contribution in [0.15, 0.2) is 60.8 Å². The molecule has 4 aromatic rings. The van der Waals surface area contributed by atoms with Crippen LogP contribution in [0.5, 0.6) is 0 Å². The standard InChI is InChI=1S/C22H20N4O/c27-22(16-6-2-1-3-7-16)26-12-10-15(11-13-26)21-24-19-14-23-18-9-5-4-8-17(18)20(19)25-21/h1-9,14-15H,10-13H2,(H,24,25). The Morgan fingerprint density at radius 1 is 1.00 bits per heavy atom. The molecule has 0 bridgehead atoms. The van der Waals surface area contributed by atoms with E-state index in [0.717, 1.165) is 59.3 Å². The summed E-state index contributed by atoms with van der Waals surface area (Å²) in [6.07, 6.45) is 3.70. The molecule has 27 heavy (non-hydrogen) atoms. The Hall–Kier alpha value is -3.21. The maximum absolute atomic E-state index is 12.6. The summed E-state index contributed by atoms with van der Waals surface area (Å²) < 4.78 is 0. The number of para-hydroxylation sites is 1. The van der Waals surface area contributed by atoms with E-state index in [1.165, 1.54) is 0 Å². The van der Waals surface area contributed by atoms with Crippen molar-refractivity contribution in [3.63, 3.8) is 0 Å². The second kappa shape index (κ2) is 6.50. The average molecular weight is 356 g/mol. The minimum atomic E-state index is 0.119. The van der Waals surface area contributed by atoms with Crippen LogP contribution in [0.1, 0.15) is 34.9 Å². The molecule has 1 fully saturated rings. The van der Waals surface area contributed by atoms with Crippen molar-refractivity contribution in [2.24, 2.45) is 0 Å². The molecule has 1 aliphatic heterocycles. The number of imidazole rings is 1. The van der Waals surface area contributed by atoms with E-state index in [1.807, 2.05) is 59.6 Å². The first-order chi connectivity index (χ1) is 13.3. The van der Waals surface area contributed by atoms with Gasteiger partial charge in [0.25, 0.3) is 5.91 Å². The molecule has 1 amide bonds. The maximum Gasteiger partial charge on any atom is 0.253 e. The number of hydrogen-bond acceptors (Lipinski definition) is 3. The fourth-order valence-electron chi connectivity index (χ4n) is 3.94. The lowest BCUT2D eigenvalue weighted by Crippen LogP contribution is -2.38. The normalized spacial score (nSPS) is 15.5. The number of pyridine rings is 1. The second-order valence-electron chi connectivity index (χ2n) is 7.09.